The summed E-state index contributed by atoms with van der Waals surface area (Å²) in [5, 5.41) is 12.1. The Morgan fingerprint density at radius 2 is 1.82 bits per heavy atom. The van der Waals surface area contributed by atoms with Crippen LogP contribution >= 0.6 is 23.1 Å². The van der Waals surface area contributed by atoms with Gasteiger partial charge < -0.3 is 0 Å². The number of nitrogens with zero attached hydrogens (tertiary/aromatic N) is 5. The highest BCUT2D eigenvalue weighted by Gasteiger charge is 2.24. The van der Waals surface area contributed by atoms with Gasteiger partial charge in [-0.15, -0.1) is 21.5 Å². The number of thioether (sulfide) groups is 1. The fourth-order valence-electron chi connectivity index (χ4n) is 4.67. The van der Waals surface area contributed by atoms with Gasteiger partial charge in [0.1, 0.15) is 0 Å². The Kier molecular flexibility index (Phi) is 6.37. The van der Waals surface area contributed by atoms with Gasteiger partial charge in [-0.3, -0.25) is 13.8 Å². The van der Waals surface area contributed by atoms with Gasteiger partial charge in [0.05, 0.1) is 5.69 Å². The molecule has 5 rings (SSSR count). The molecule has 4 aromatic rings. The highest BCUT2D eigenvalue weighted by atomic mass is 32.2. The van der Waals surface area contributed by atoms with Crippen LogP contribution in [0.1, 0.15) is 75.9 Å². The van der Waals surface area contributed by atoms with E-state index in [0.29, 0.717) is 11.8 Å². The molecule has 0 amide bonds. The van der Waals surface area contributed by atoms with E-state index >= 15 is 0 Å². The maximum absolute atomic E-state index is 12.6. The van der Waals surface area contributed by atoms with Crippen molar-refractivity contribution in [1.29, 1.82) is 0 Å². The average Bonchev–Trinajstić information content (AvgIpc) is 3.41. The normalized spacial score (nSPS) is 15.3. The standard InChI is InChI=1S/C26H31N5OS2/c1-17-15-33-24-27-20(14-22(32)30(17)24)16-34-25-29-28-23(31(25)21-8-6-5-7-9-21)18-10-12-19(13-11-18)26(2,3)4/h10-15,21H,5-9,16H2,1-4H3. The number of aryl methyl sites for hydroxylation is 1. The van der Waals surface area contributed by atoms with E-state index in [2.05, 4.69) is 59.8 Å². The number of hydrogen-bond donors (Lipinski definition) is 0. The highest BCUT2D eigenvalue weighted by Crippen LogP contribution is 2.36. The van der Waals surface area contributed by atoms with Gasteiger partial charge in [-0.1, -0.05) is 76.1 Å². The smallest absolute Gasteiger partial charge is 0.258 e. The number of rotatable bonds is 5. The molecule has 1 fully saturated rings. The zero-order valence-corrected chi connectivity index (χ0v) is 21.9. The summed E-state index contributed by atoms with van der Waals surface area (Å²) in [6.45, 7) is 8.63. The molecule has 178 valence electrons. The lowest BCUT2D eigenvalue weighted by Gasteiger charge is -2.26. The zero-order valence-electron chi connectivity index (χ0n) is 20.2. The summed E-state index contributed by atoms with van der Waals surface area (Å²) in [6, 6.07) is 10.8. The molecule has 0 saturated heterocycles. The number of aromatic nitrogens is 5. The van der Waals surface area contributed by atoms with Crippen molar-refractivity contribution in [3.8, 4) is 11.4 Å². The van der Waals surface area contributed by atoms with Gasteiger partial charge in [0, 0.05) is 34.5 Å². The van der Waals surface area contributed by atoms with Crippen molar-refractivity contribution in [2.24, 2.45) is 0 Å². The van der Waals surface area contributed by atoms with E-state index in [1.54, 1.807) is 22.2 Å². The molecule has 1 aliphatic carbocycles. The van der Waals surface area contributed by atoms with Crippen molar-refractivity contribution < 1.29 is 0 Å². The molecule has 0 bridgehead atoms. The van der Waals surface area contributed by atoms with Crippen LogP contribution in [0.2, 0.25) is 0 Å². The first kappa shape index (κ1) is 23.3. The second-order valence-electron chi connectivity index (χ2n) is 10.2. The zero-order chi connectivity index (χ0) is 23.9. The summed E-state index contributed by atoms with van der Waals surface area (Å²) in [6.07, 6.45) is 6.08. The van der Waals surface area contributed by atoms with E-state index < -0.39 is 0 Å². The van der Waals surface area contributed by atoms with Crippen LogP contribution < -0.4 is 5.56 Å². The van der Waals surface area contributed by atoms with Gasteiger partial charge in [0.2, 0.25) is 0 Å². The van der Waals surface area contributed by atoms with Crippen LogP contribution in [0.5, 0.6) is 0 Å². The van der Waals surface area contributed by atoms with Gasteiger partial charge >= 0.3 is 0 Å². The van der Waals surface area contributed by atoms with Crippen LogP contribution in [0, 0.1) is 6.92 Å². The van der Waals surface area contributed by atoms with Crippen molar-refractivity contribution in [2.45, 2.75) is 82.2 Å². The van der Waals surface area contributed by atoms with Crippen LogP contribution in [-0.4, -0.2) is 24.1 Å². The van der Waals surface area contributed by atoms with Gasteiger partial charge in [0.15, 0.2) is 15.9 Å². The minimum Gasteiger partial charge on any atom is -0.299 e. The Balaban J connectivity index is 1.46. The maximum Gasteiger partial charge on any atom is 0.258 e. The number of benzene rings is 1. The fraction of sp³-hybridized carbons (Fsp3) is 0.462. The molecule has 0 spiro atoms. The molecule has 8 heteroatoms. The van der Waals surface area contributed by atoms with Crippen LogP contribution in [0.3, 0.4) is 0 Å². The Hall–Kier alpha value is -2.45. The Bertz CT molecular complexity index is 1350. The van der Waals surface area contributed by atoms with Crippen molar-refractivity contribution in [1.82, 2.24) is 24.1 Å². The Morgan fingerprint density at radius 3 is 2.53 bits per heavy atom. The molecule has 1 aromatic carbocycles. The molecule has 0 N–H and O–H groups in total. The third kappa shape index (κ3) is 4.58. The Labute approximate surface area is 208 Å². The van der Waals surface area contributed by atoms with Gasteiger partial charge in [0.25, 0.3) is 5.56 Å². The van der Waals surface area contributed by atoms with Crippen molar-refractivity contribution in [3.63, 3.8) is 0 Å². The van der Waals surface area contributed by atoms with Gasteiger partial charge in [-0.05, 0) is 30.7 Å². The first-order valence-electron chi connectivity index (χ1n) is 12.0. The summed E-state index contributed by atoms with van der Waals surface area (Å²) < 4.78 is 4.01. The predicted octanol–water partition coefficient (Wildman–Crippen LogP) is 6.42. The van der Waals surface area contributed by atoms with Crippen LogP contribution in [0.25, 0.3) is 16.3 Å². The van der Waals surface area contributed by atoms with E-state index in [-0.39, 0.29) is 11.0 Å². The highest BCUT2D eigenvalue weighted by molar-refractivity contribution is 7.98. The summed E-state index contributed by atoms with van der Waals surface area (Å²) in [4.78, 5) is 18.0. The summed E-state index contributed by atoms with van der Waals surface area (Å²) >= 11 is 3.13. The third-order valence-corrected chi connectivity index (χ3v) is 8.51. The van der Waals surface area contributed by atoms with E-state index in [0.717, 1.165) is 45.7 Å². The van der Waals surface area contributed by atoms with Crippen LogP contribution in [0.15, 0.2) is 45.7 Å². The Morgan fingerprint density at radius 1 is 1.09 bits per heavy atom. The molecule has 0 unspecified atom stereocenters. The minimum atomic E-state index is -0.0206. The fourth-order valence-corrected chi connectivity index (χ4v) is 6.46. The minimum absolute atomic E-state index is 0.0206. The van der Waals surface area contributed by atoms with E-state index in [9.17, 15) is 4.79 Å². The molecular formula is C26H31N5OS2. The summed E-state index contributed by atoms with van der Waals surface area (Å²) in [7, 11) is 0. The number of thiazole rings is 1. The molecular weight excluding hydrogens is 462 g/mol. The van der Waals surface area contributed by atoms with Crippen molar-refractivity contribution in [3.05, 3.63) is 63.0 Å². The van der Waals surface area contributed by atoms with Gasteiger partial charge in [-0.2, -0.15) is 0 Å². The van der Waals surface area contributed by atoms with E-state index in [1.807, 2.05) is 12.3 Å². The lowest BCUT2D eigenvalue weighted by molar-refractivity contribution is 0.339. The first-order valence-corrected chi connectivity index (χ1v) is 13.8. The average molecular weight is 494 g/mol. The molecule has 0 atom stereocenters. The molecule has 0 radical (unpaired) electrons. The largest absolute Gasteiger partial charge is 0.299 e. The van der Waals surface area contributed by atoms with Crippen LogP contribution in [-0.2, 0) is 11.2 Å². The second-order valence-corrected chi connectivity index (χ2v) is 11.9. The quantitative estimate of drug-likeness (QED) is 0.300. The van der Waals surface area contributed by atoms with Gasteiger partial charge in [-0.25, -0.2) is 4.98 Å². The first-order chi connectivity index (χ1) is 16.3. The number of fused-ring (bicyclic) bond motifs is 1. The molecule has 6 nitrogen and oxygen atoms in total. The maximum atomic E-state index is 12.6. The molecule has 1 aliphatic rings. The SMILES string of the molecule is Cc1csc2nc(CSc3nnc(-c4ccc(C(C)(C)C)cc4)n3C3CCCCC3)cc(=O)n12. The summed E-state index contributed by atoms with van der Waals surface area (Å²) in [5.74, 6) is 1.53. The van der Waals surface area contributed by atoms with Crippen molar-refractivity contribution >= 4 is 28.1 Å². The molecule has 3 heterocycles. The predicted molar refractivity (Wildman–Crippen MR) is 140 cm³/mol. The van der Waals surface area contributed by atoms with E-state index in [4.69, 9.17) is 4.98 Å². The van der Waals surface area contributed by atoms with Crippen molar-refractivity contribution in [2.75, 3.05) is 0 Å². The second kappa shape index (κ2) is 9.30. The molecule has 1 saturated carbocycles. The molecule has 0 aliphatic heterocycles. The topological polar surface area (TPSA) is 65.1 Å². The lowest BCUT2D eigenvalue weighted by Crippen LogP contribution is -2.16. The van der Waals surface area contributed by atoms with Crippen LogP contribution in [0.4, 0.5) is 0 Å². The molecule has 3 aromatic heterocycles. The molecule has 34 heavy (non-hydrogen) atoms. The number of hydrogen-bond acceptors (Lipinski definition) is 6. The third-order valence-electron chi connectivity index (χ3n) is 6.59. The summed E-state index contributed by atoms with van der Waals surface area (Å²) in [5.41, 5.74) is 4.22. The van der Waals surface area contributed by atoms with E-state index in [1.165, 1.54) is 36.2 Å². The monoisotopic (exact) mass is 493 g/mol. The lowest BCUT2D eigenvalue weighted by atomic mass is 9.86.